The second-order valence-corrected chi connectivity index (χ2v) is 7.21. The van der Waals surface area contributed by atoms with Crippen LogP contribution in [-0.4, -0.2) is 20.7 Å². The highest BCUT2D eigenvalue weighted by Gasteiger charge is 2.32. The first-order valence-corrected chi connectivity index (χ1v) is 9.77. The monoisotopic (exact) mass is 396 g/mol. The predicted octanol–water partition coefficient (Wildman–Crippen LogP) is 4.04. The minimum absolute atomic E-state index is 0.0747. The lowest BCUT2D eigenvalue weighted by atomic mass is 9.87. The van der Waals surface area contributed by atoms with Crippen LogP contribution in [0.15, 0.2) is 79.1 Å². The Morgan fingerprint density at radius 3 is 2.30 bits per heavy atom. The number of benzene rings is 2. The SMILES string of the molecule is Cn1nc(CNC(=O)C2c3ccccc3Oc3ccccc32)cc1-c1ccncc1. The summed E-state index contributed by atoms with van der Waals surface area (Å²) in [4.78, 5) is 17.3. The van der Waals surface area contributed by atoms with E-state index >= 15 is 0 Å². The van der Waals surface area contributed by atoms with Crippen molar-refractivity contribution < 1.29 is 9.53 Å². The number of nitrogens with zero attached hydrogens (tertiary/aromatic N) is 3. The topological polar surface area (TPSA) is 69.0 Å². The van der Waals surface area contributed by atoms with Gasteiger partial charge in [0, 0.05) is 36.1 Å². The van der Waals surface area contributed by atoms with Gasteiger partial charge in [0.05, 0.1) is 23.9 Å². The van der Waals surface area contributed by atoms with Gasteiger partial charge < -0.3 is 10.1 Å². The fourth-order valence-corrected chi connectivity index (χ4v) is 3.88. The number of aromatic nitrogens is 3. The quantitative estimate of drug-likeness (QED) is 0.565. The molecular formula is C24H20N4O2. The van der Waals surface area contributed by atoms with Crippen LogP contribution in [0.1, 0.15) is 22.7 Å². The van der Waals surface area contributed by atoms with Crippen LogP contribution in [0.5, 0.6) is 11.5 Å². The van der Waals surface area contributed by atoms with Crippen molar-refractivity contribution >= 4 is 5.91 Å². The third kappa shape index (κ3) is 3.22. The van der Waals surface area contributed by atoms with Crippen LogP contribution in [-0.2, 0) is 18.4 Å². The summed E-state index contributed by atoms with van der Waals surface area (Å²) in [6.45, 7) is 0.347. The molecule has 1 amide bonds. The summed E-state index contributed by atoms with van der Waals surface area (Å²) < 4.78 is 7.80. The molecule has 1 aliphatic heterocycles. The zero-order valence-corrected chi connectivity index (χ0v) is 16.4. The molecule has 2 aromatic heterocycles. The van der Waals surface area contributed by atoms with E-state index in [1.807, 2.05) is 78.5 Å². The Bertz CT molecular complexity index is 1170. The molecule has 0 bridgehead atoms. The van der Waals surface area contributed by atoms with Crippen molar-refractivity contribution in [1.29, 1.82) is 0 Å². The molecule has 30 heavy (non-hydrogen) atoms. The van der Waals surface area contributed by atoms with Crippen LogP contribution in [0.25, 0.3) is 11.3 Å². The lowest BCUT2D eigenvalue weighted by Gasteiger charge is -2.27. The van der Waals surface area contributed by atoms with E-state index in [0.29, 0.717) is 18.0 Å². The molecule has 6 nitrogen and oxygen atoms in total. The van der Waals surface area contributed by atoms with E-state index < -0.39 is 5.92 Å². The van der Waals surface area contributed by atoms with E-state index in [2.05, 4.69) is 15.4 Å². The minimum Gasteiger partial charge on any atom is -0.457 e. The summed E-state index contributed by atoms with van der Waals surface area (Å²) in [7, 11) is 1.89. The van der Waals surface area contributed by atoms with Crippen molar-refractivity contribution in [3.05, 3.63) is 95.9 Å². The van der Waals surface area contributed by atoms with Crippen LogP contribution in [0.3, 0.4) is 0 Å². The Morgan fingerprint density at radius 1 is 1.00 bits per heavy atom. The molecule has 6 heteroatoms. The van der Waals surface area contributed by atoms with Gasteiger partial charge in [-0.05, 0) is 30.3 Å². The fraction of sp³-hybridized carbons (Fsp3) is 0.125. The normalized spacial score (nSPS) is 12.6. The van der Waals surface area contributed by atoms with E-state index in [-0.39, 0.29) is 5.91 Å². The Hall–Kier alpha value is -3.93. The van der Waals surface area contributed by atoms with Crippen LogP contribution < -0.4 is 10.1 Å². The molecule has 0 radical (unpaired) electrons. The summed E-state index contributed by atoms with van der Waals surface area (Å²) in [5.41, 5.74) is 4.54. The number of aryl methyl sites for hydroxylation is 1. The Balaban J connectivity index is 1.39. The molecule has 0 fully saturated rings. The second-order valence-electron chi connectivity index (χ2n) is 7.21. The highest BCUT2D eigenvalue weighted by Crippen LogP contribution is 2.43. The lowest BCUT2D eigenvalue weighted by Crippen LogP contribution is -2.31. The molecule has 5 rings (SSSR count). The van der Waals surface area contributed by atoms with E-state index in [1.165, 1.54) is 0 Å². The van der Waals surface area contributed by atoms with Crippen molar-refractivity contribution in [2.45, 2.75) is 12.5 Å². The first-order valence-electron chi connectivity index (χ1n) is 9.77. The third-order valence-electron chi connectivity index (χ3n) is 5.29. The molecule has 148 valence electrons. The van der Waals surface area contributed by atoms with E-state index in [4.69, 9.17) is 4.74 Å². The van der Waals surface area contributed by atoms with Gasteiger partial charge >= 0.3 is 0 Å². The van der Waals surface area contributed by atoms with Crippen LogP contribution in [0.2, 0.25) is 0 Å². The van der Waals surface area contributed by atoms with Crippen molar-refractivity contribution in [1.82, 2.24) is 20.1 Å². The van der Waals surface area contributed by atoms with Gasteiger partial charge in [-0.2, -0.15) is 5.10 Å². The van der Waals surface area contributed by atoms with Crippen LogP contribution >= 0.6 is 0 Å². The molecule has 0 atom stereocenters. The zero-order chi connectivity index (χ0) is 20.5. The minimum atomic E-state index is -0.422. The van der Waals surface area contributed by atoms with Gasteiger partial charge in [-0.1, -0.05) is 36.4 Å². The molecule has 0 saturated heterocycles. The number of fused-ring (bicyclic) bond motifs is 2. The van der Waals surface area contributed by atoms with Gasteiger partial charge in [-0.15, -0.1) is 0 Å². The first kappa shape index (κ1) is 18.1. The van der Waals surface area contributed by atoms with Crippen molar-refractivity contribution in [2.75, 3.05) is 0 Å². The van der Waals surface area contributed by atoms with Gasteiger partial charge in [-0.3, -0.25) is 14.5 Å². The summed E-state index contributed by atoms with van der Waals surface area (Å²) >= 11 is 0. The number of pyridine rings is 1. The number of hydrogen-bond donors (Lipinski definition) is 1. The van der Waals surface area contributed by atoms with Crippen molar-refractivity contribution in [3.8, 4) is 22.8 Å². The number of para-hydroxylation sites is 2. The van der Waals surface area contributed by atoms with Gasteiger partial charge in [0.1, 0.15) is 11.5 Å². The standard InChI is InChI=1S/C24H20N4O2/c1-28-20(16-10-12-25-13-11-16)14-17(27-28)15-26-24(29)23-18-6-2-4-8-21(18)30-22-9-5-3-7-19(22)23/h2-14,23H,15H2,1H3,(H,26,29). The summed E-state index contributed by atoms with van der Waals surface area (Å²) in [5, 5.41) is 7.61. The maximum absolute atomic E-state index is 13.2. The lowest BCUT2D eigenvalue weighted by molar-refractivity contribution is -0.122. The van der Waals surface area contributed by atoms with Gasteiger partial charge in [0.2, 0.25) is 5.91 Å². The summed E-state index contributed by atoms with van der Waals surface area (Å²) in [6.07, 6.45) is 3.51. The number of rotatable bonds is 4. The van der Waals surface area contributed by atoms with Crippen LogP contribution in [0.4, 0.5) is 0 Å². The molecule has 0 unspecified atom stereocenters. The molecule has 0 saturated carbocycles. The average molecular weight is 396 g/mol. The molecule has 3 heterocycles. The molecule has 1 aliphatic rings. The number of ether oxygens (including phenoxy) is 1. The Labute approximate surface area is 174 Å². The van der Waals surface area contributed by atoms with Crippen LogP contribution in [0, 0.1) is 0 Å². The van der Waals surface area contributed by atoms with Crippen molar-refractivity contribution in [3.63, 3.8) is 0 Å². The number of carbonyl (C=O) groups excluding carboxylic acids is 1. The van der Waals surface area contributed by atoms with Crippen molar-refractivity contribution in [2.24, 2.45) is 7.05 Å². The first-order chi connectivity index (χ1) is 14.7. The highest BCUT2D eigenvalue weighted by molar-refractivity contribution is 5.89. The molecule has 0 spiro atoms. The summed E-state index contributed by atoms with van der Waals surface area (Å²) in [6, 6.07) is 21.2. The van der Waals surface area contributed by atoms with E-state index in [1.54, 1.807) is 12.4 Å². The van der Waals surface area contributed by atoms with Gasteiger partial charge in [0.15, 0.2) is 0 Å². The van der Waals surface area contributed by atoms with Gasteiger partial charge in [-0.25, -0.2) is 0 Å². The number of hydrogen-bond acceptors (Lipinski definition) is 4. The molecule has 1 N–H and O–H groups in total. The number of amides is 1. The predicted molar refractivity (Wildman–Crippen MR) is 113 cm³/mol. The average Bonchev–Trinajstić information content (AvgIpc) is 3.17. The Morgan fingerprint density at radius 2 is 1.63 bits per heavy atom. The molecule has 0 aliphatic carbocycles. The Kier molecular flexibility index (Phi) is 4.52. The largest absolute Gasteiger partial charge is 0.457 e. The number of carbonyl (C=O) groups is 1. The smallest absolute Gasteiger partial charge is 0.232 e. The molecule has 2 aromatic carbocycles. The van der Waals surface area contributed by atoms with Gasteiger partial charge in [0.25, 0.3) is 0 Å². The maximum atomic E-state index is 13.2. The second kappa shape index (κ2) is 7.48. The fourth-order valence-electron chi connectivity index (χ4n) is 3.88. The zero-order valence-electron chi connectivity index (χ0n) is 16.4. The maximum Gasteiger partial charge on any atom is 0.232 e. The number of nitrogens with one attached hydrogen (secondary N) is 1. The highest BCUT2D eigenvalue weighted by atomic mass is 16.5. The third-order valence-corrected chi connectivity index (χ3v) is 5.29. The summed E-state index contributed by atoms with van der Waals surface area (Å²) in [5.74, 6) is 0.937. The molecule has 4 aromatic rings. The van der Waals surface area contributed by atoms with E-state index in [9.17, 15) is 4.79 Å². The molecular weight excluding hydrogens is 376 g/mol. The van der Waals surface area contributed by atoms with E-state index in [0.717, 1.165) is 28.1 Å².